The topological polar surface area (TPSA) is 0 Å². The molecule has 0 saturated heterocycles. The lowest BCUT2D eigenvalue weighted by Crippen LogP contribution is -2.08. The predicted octanol–water partition coefficient (Wildman–Crippen LogP) is 3.55. The van der Waals surface area contributed by atoms with Crippen LogP contribution in [-0.2, 0) is 12.6 Å². The number of aryl methyl sites for hydroxylation is 1. The minimum atomic E-state index is -4.64. The Kier molecular flexibility index (Phi) is 2.78. The Morgan fingerprint density at radius 1 is 1.14 bits per heavy atom. The maximum absolute atomic E-state index is 12.8. The highest BCUT2D eigenvalue weighted by Crippen LogP contribution is 2.31. The van der Waals surface area contributed by atoms with Gasteiger partial charge in [0.2, 0.25) is 0 Å². The summed E-state index contributed by atoms with van der Waals surface area (Å²) in [7, 11) is 0. The van der Waals surface area contributed by atoms with E-state index >= 15 is 0 Å². The average Bonchev–Trinajstić information content (AvgIpc) is 2.07. The van der Waals surface area contributed by atoms with Crippen LogP contribution in [0.15, 0.2) is 12.1 Å². The summed E-state index contributed by atoms with van der Waals surface area (Å²) in [5, 5.41) is 0. The number of halogens is 5. The molecule has 0 aliphatic heterocycles. The number of hydrogen-bond acceptors (Lipinski definition) is 0. The second kappa shape index (κ2) is 3.55. The lowest BCUT2D eigenvalue weighted by molar-refractivity contribution is -0.137. The SMILES string of the molecule is CCc1cc(C(F)(F)F)cc(F)c1F. The zero-order chi connectivity index (χ0) is 10.9. The maximum Gasteiger partial charge on any atom is 0.416 e. The molecule has 0 heterocycles. The quantitative estimate of drug-likeness (QED) is 0.622. The molecular formula is C9H7F5. The summed E-state index contributed by atoms with van der Waals surface area (Å²) in [6.45, 7) is 1.46. The molecule has 0 aliphatic rings. The molecule has 0 nitrogen and oxygen atoms in total. The molecule has 0 N–H and O–H groups in total. The molecule has 0 bridgehead atoms. The van der Waals surface area contributed by atoms with Crippen LogP contribution in [0.3, 0.4) is 0 Å². The zero-order valence-corrected chi connectivity index (χ0v) is 7.25. The lowest BCUT2D eigenvalue weighted by atomic mass is 10.1. The van der Waals surface area contributed by atoms with Gasteiger partial charge in [0, 0.05) is 0 Å². The maximum atomic E-state index is 12.8. The van der Waals surface area contributed by atoms with Gasteiger partial charge in [0.15, 0.2) is 11.6 Å². The molecule has 0 aromatic heterocycles. The Bertz CT molecular complexity index is 340. The summed E-state index contributed by atoms with van der Waals surface area (Å²) >= 11 is 0. The normalized spacial score (nSPS) is 11.9. The molecule has 1 aromatic rings. The second-order valence-corrected chi connectivity index (χ2v) is 2.78. The van der Waals surface area contributed by atoms with E-state index in [1.54, 1.807) is 0 Å². The van der Waals surface area contributed by atoms with E-state index in [0.29, 0.717) is 6.07 Å². The fourth-order valence-electron chi connectivity index (χ4n) is 1.07. The van der Waals surface area contributed by atoms with Crippen LogP contribution in [0.1, 0.15) is 18.1 Å². The van der Waals surface area contributed by atoms with Crippen LogP contribution in [-0.4, -0.2) is 0 Å². The molecule has 1 aromatic carbocycles. The second-order valence-electron chi connectivity index (χ2n) is 2.78. The molecule has 0 fully saturated rings. The molecule has 1 rings (SSSR count). The van der Waals surface area contributed by atoms with E-state index in [2.05, 4.69) is 0 Å². The molecular weight excluding hydrogens is 203 g/mol. The van der Waals surface area contributed by atoms with E-state index in [-0.39, 0.29) is 18.1 Å². The summed E-state index contributed by atoms with van der Waals surface area (Å²) in [5.74, 6) is -2.67. The van der Waals surface area contributed by atoms with E-state index in [4.69, 9.17) is 0 Å². The molecule has 0 atom stereocenters. The Morgan fingerprint density at radius 2 is 1.71 bits per heavy atom. The number of benzene rings is 1. The predicted molar refractivity (Wildman–Crippen MR) is 40.7 cm³/mol. The van der Waals surface area contributed by atoms with Crippen molar-refractivity contribution >= 4 is 0 Å². The van der Waals surface area contributed by atoms with Gasteiger partial charge in [-0.2, -0.15) is 13.2 Å². The van der Waals surface area contributed by atoms with Crippen LogP contribution in [0.2, 0.25) is 0 Å². The highest BCUT2D eigenvalue weighted by atomic mass is 19.4. The van der Waals surface area contributed by atoms with Gasteiger partial charge >= 0.3 is 6.18 Å². The first kappa shape index (κ1) is 10.9. The van der Waals surface area contributed by atoms with E-state index < -0.39 is 23.4 Å². The standard InChI is InChI=1S/C9H7F5/c1-2-5-3-6(9(12,13)14)4-7(10)8(5)11/h3-4H,2H2,1H3. The summed E-state index contributed by atoms with van der Waals surface area (Å²) in [6.07, 6.45) is -4.62. The largest absolute Gasteiger partial charge is 0.416 e. The lowest BCUT2D eigenvalue weighted by Gasteiger charge is -2.09. The van der Waals surface area contributed by atoms with Gasteiger partial charge in [-0.1, -0.05) is 6.92 Å². The number of alkyl halides is 3. The molecule has 0 amide bonds. The van der Waals surface area contributed by atoms with Gasteiger partial charge in [0.25, 0.3) is 0 Å². The van der Waals surface area contributed by atoms with Crippen molar-refractivity contribution in [1.82, 2.24) is 0 Å². The van der Waals surface area contributed by atoms with Crippen molar-refractivity contribution in [3.05, 3.63) is 34.9 Å². The molecule has 0 radical (unpaired) electrons. The monoisotopic (exact) mass is 210 g/mol. The number of hydrogen-bond donors (Lipinski definition) is 0. The average molecular weight is 210 g/mol. The molecule has 0 spiro atoms. The van der Waals surface area contributed by atoms with Crippen LogP contribution in [0.25, 0.3) is 0 Å². The van der Waals surface area contributed by atoms with Gasteiger partial charge in [-0.15, -0.1) is 0 Å². The fourth-order valence-corrected chi connectivity index (χ4v) is 1.07. The van der Waals surface area contributed by atoms with Gasteiger partial charge in [-0.25, -0.2) is 8.78 Å². The van der Waals surface area contributed by atoms with Gasteiger partial charge < -0.3 is 0 Å². The van der Waals surface area contributed by atoms with Crippen molar-refractivity contribution in [2.24, 2.45) is 0 Å². The number of rotatable bonds is 1. The van der Waals surface area contributed by atoms with E-state index in [0.717, 1.165) is 0 Å². The fraction of sp³-hybridized carbons (Fsp3) is 0.333. The van der Waals surface area contributed by atoms with Gasteiger partial charge in [-0.05, 0) is 24.1 Å². The zero-order valence-electron chi connectivity index (χ0n) is 7.25. The van der Waals surface area contributed by atoms with Crippen molar-refractivity contribution in [3.8, 4) is 0 Å². The summed E-state index contributed by atoms with van der Waals surface area (Å²) < 4.78 is 61.9. The molecule has 14 heavy (non-hydrogen) atoms. The van der Waals surface area contributed by atoms with Gasteiger partial charge in [0.05, 0.1) is 5.56 Å². The Hall–Kier alpha value is -1.13. The van der Waals surface area contributed by atoms with Gasteiger partial charge in [0.1, 0.15) is 0 Å². The van der Waals surface area contributed by atoms with E-state index in [9.17, 15) is 22.0 Å². The molecule has 78 valence electrons. The Balaban J connectivity index is 3.30. The van der Waals surface area contributed by atoms with Crippen molar-refractivity contribution in [3.63, 3.8) is 0 Å². The third-order valence-corrected chi connectivity index (χ3v) is 1.81. The van der Waals surface area contributed by atoms with Gasteiger partial charge in [-0.3, -0.25) is 0 Å². The van der Waals surface area contributed by atoms with Crippen molar-refractivity contribution in [1.29, 1.82) is 0 Å². The van der Waals surface area contributed by atoms with Crippen LogP contribution < -0.4 is 0 Å². The third-order valence-electron chi connectivity index (χ3n) is 1.81. The van der Waals surface area contributed by atoms with Crippen LogP contribution >= 0.6 is 0 Å². The summed E-state index contributed by atoms with van der Waals surface area (Å²) in [4.78, 5) is 0. The van der Waals surface area contributed by atoms with E-state index in [1.165, 1.54) is 6.92 Å². The highest BCUT2D eigenvalue weighted by Gasteiger charge is 2.32. The minimum Gasteiger partial charge on any atom is -0.204 e. The first-order chi connectivity index (χ1) is 6.36. The molecule has 5 heteroatoms. The van der Waals surface area contributed by atoms with Crippen LogP contribution in [0, 0.1) is 11.6 Å². The smallest absolute Gasteiger partial charge is 0.204 e. The van der Waals surface area contributed by atoms with Crippen molar-refractivity contribution in [2.45, 2.75) is 19.5 Å². The first-order valence-electron chi connectivity index (χ1n) is 3.91. The minimum absolute atomic E-state index is 0.0205. The molecule has 0 saturated carbocycles. The van der Waals surface area contributed by atoms with Crippen LogP contribution in [0.4, 0.5) is 22.0 Å². The van der Waals surface area contributed by atoms with Crippen molar-refractivity contribution in [2.75, 3.05) is 0 Å². The Labute approximate surface area is 77.4 Å². The first-order valence-corrected chi connectivity index (χ1v) is 3.91. The Morgan fingerprint density at radius 3 is 2.14 bits per heavy atom. The molecule has 0 unspecified atom stereocenters. The highest BCUT2D eigenvalue weighted by molar-refractivity contribution is 5.28. The molecule has 0 aliphatic carbocycles. The third kappa shape index (κ3) is 2.02. The summed E-state index contributed by atoms with van der Waals surface area (Å²) in [6, 6.07) is 0.785. The van der Waals surface area contributed by atoms with E-state index in [1.807, 2.05) is 0 Å². The summed E-state index contributed by atoms with van der Waals surface area (Å²) in [5.41, 5.74) is -1.43. The van der Waals surface area contributed by atoms with Crippen molar-refractivity contribution < 1.29 is 22.0 Å². The van der Waals surface area contributed by atoms with Crippen LogP contribution in [0.5, 0.6) is 0 Å².